The summed E-state index contributed by atoms with van der Waals surface area (Å²) in [6.07, 6.45) is 2.43. The Morgan fingerprint density at radius 1 is 1.04 bits per heavy atom. The minimum absolute atomic E-state index is 0.0865. The highest BCUT2D eigenvalue weighted by molar-refractivity contribution is 5.41. The van der Waals surface area contributed by atoms with Crippen LogP contribution in [0.15, 0.2) is 66.9 Å². The molecule has 0 aliphatic rings. The van der Waals surface area contributed by atoms with Crippen LogP contribution in [0.25, 0.3) is 0 Å². The number of nitrogen functional groups attached to an aromatic ring is 1. The average molecular weight is 336 g/mol. The molecule has 2 N–H and O–H groups in total. The highest BCUT2D eigenvalue weighted by Crippen LogP contribution is 2.25. The third kappa shape index (κ3) is 4.32. The van der Waals surface area contributed by atoms with Crippen LogP contribution in [0.1, 0.15) is 24.1 Å². The van der Waals surface area contributed by atoms with E-state index in [9.17, 15) is 4.39 Å². The number of nitrogens with two attached hydrogens (primary N) is 1. The van der Waals surface area contributed by atoms with Crippen molar-refractivity contribution < 1.29 is 4.39 Å². The van der Waals surface area contributed by atoms with Crippen LogP contribution in [0.5, 0.6) is 0 Å². The van der Waals surface area contributed by atoms with Gasteiger partial charge in [0.05, 0.1) is 6.04 Å². The summed E-state index contributed by atoms with van der Waals surface area (Å²) in [5.41, 5.74) is 8.08. The van der Waals surface area contributed by atoms with Crippen molar-refractivity contribution >= 4 is 11.8 Å². The van der Waals surface area contributed by atoms with E-state index in [2.05, 4.69) is 33.9 Å². The van der Waals surface area contributed by atoms with E-state index in [0.717, 1.165) is 12.0 Å². The third-order valence-electron chi connectivity index (χ3n) is 4.23. The monoisotopic (exact) mass is 336 g/mol. The molecule has 5 heteroatoms. The predicted molar refractivity (Wildman–Crippen MR) is 98.8 cm³/mol. The first-order valence-electron chi connectivity index (χ1n) is 8.28. The maximum Gasteiger partial charge on any atom is 0.227 e. The second kappa shape index (κ2) is 7.75. The molecule has 0 fully saturated rings. The summed E-state index contributed by atoms with van der Waals surface area (Å²) >= 11 is 0. The molecule has 1 heterocycles. The van der Waals surface area contributed by atoms with Gasteiger partial charge in [-0.05, 0) is 42.7 Å². The summed E-state index contributed by atoms with van der Waals surface area (Å²) in [6, 6.07) is 18.5. The Morgan fingerprint density at radius 2 is 1.76 bits per heavy atom. The fourth-order valence-corrected chi connectivity index (χ4v) is 2.78. The van der Waals surface area contributed by atoms with Gasteiger partial charge in [0.2, 0.25) is 5.95 Å². The molecule has 1 aromatic heterocycles. The fraction of sp³-hybridized carbons (Fsp3) is 0.200. The van der Waals surface area contributed by atoms with Crippen molar-refractivity contribution in [1.29, 1.82) is 0 Å². The number of anilines is 2. The number of aromatic nitrogens is 2. The van der Waals surface area contributed by atoms with Gasteiger partial charge in [-0.2, -0.15) is 4.98 Å². The van der Waals surface area contributed by atoms with E-state index in [1.165, 1.54) is 17.7 Å². The average Bonchev–Trinajstić information content (AvgIpc) is 2.64. The SMILES string of the molecule is CC(c1ccccc1)N(CCc1ccc(F)cc1)c1nccc(N)n1. The maximum absolute atomic E-state index is 13.1. The minimum Gasteiger partial charge on any atom is -0.384 e. The number of benzene rings is 2. The van der Waals surface area contributed by atoms with Gasteiger partial charge in [0.1, 0.15) is 11.6 Å². The molecule has 0 saturated heterocycles. The van der Waals surface area contributed by atoms with E-state index in [0.29, 0.717) is 18.3 Å². The Bertz CT molecular complexity index is 805. The Kier molecular flexibility index (Phi) is 5.23. The molecule has 3 rings (SSSR count). The molecule has 2 aromatic carbocycles. The molecular formula is C20H21FN4. The smallest absolute Gasteiger partial charge is 0.227 e. The van der Waals surface area contributed by atoms with E-state index in [1.54, 1.807) is 24.4 Å². The molecule has 0 saturated carbocycles. The third-order valence-corrected chi connectivity index (χ3v) is 4.23. The van der Waals surface area contributed by atoms with Gasteiger partial charge in [0.25, 0.3) is 0 Å². The summed E-state index contributed by atoms with van der Waals surface area (Å²) in [6.45, 7) is 2.82. The number of rotatable bonds is 6. The number of hydrogen-bond acceptors (Lipinski definition) is 4. The molecule has 1 atom stereocenters. The summed E-state index contributed by atoms with van der Waals surface area (Å²) in [5, 5.41) is 0. The van der Waals surface area contributed by atoms with Crippen LogP contribution in [0.2, 0.25) is 0 Å². The Balaban J connectivity index is 1.84. The molecular weight excluding hydrogens is 315 g/mol. The van der Waals surface area contributed by atoms with Crippen LogP contribution in [-0.2, 0) is 6.42 Å². The predicted octanol–water partition coefficient (Wildman–Crippen LogP) is 4.01. The Labute approximate surface area is 147 Å². The van der Waals surface area contributed by atoms with Crippen molar-refractivity contribution in [3.05, 3.63) is 83.8 Å². The number of hydrogen-bond donors (Lipinski definition) is 1. The Hall–Kier alpha value is -2.95. The zero-order chi connectivity index (χ0) is 17.6. The molecule has 0 aliphatic heterocycles. The summed E-state index contributed by atoms with van der Waals surface area (Å²) in [4.78, 5) is 10.9. The van der Waals surface area contributed by atoms with E-state index in [1.807, 2.05) is 18.2 Å². The van der Waals surface area contributed by atoms with Gasteiger partial charge in [0.15, 0.2) is 0 Å². The molecule has 25 heavy (non-hydrogen) atoms. The number of nitrogens with zero attached hydrogens (tertiary/aromatic N) is 3. The van der Waals surface area contributed by atoms with Crippen LogP contribution < -0.4 is 10.6 Å². The van der Waals surface area contributed by atoms with Gasteiger partial charge in [-0.25, -0.2) is 9.37 Å². The topological polar surface area (TPSA) is 55.0 Å². The van der Waals surface area contributed by atoms with Gasteiger partial charge in [-0.3, -0.25) is 0 Å². The molecule has 4 nitrogen and oxygen atoms in total. The lowest BCUT2D eigenvalue weighted by Crippen LogP contribution is -2.31. The van der Waals surface area contributed by atoms with Crippen LogP contribution in [-0.4, -0.2) is 16.5 Å². The summed E-state index contributed by atoms with van der Waals surface area (Å²) in [5.74, 6) is 0.813. The van der Waals surface area contributed by atoms with Gasteiger partial charge in [-0.1, -0.05) is 42.5 Å². The quantitative estimate of drug-likeness (QED) is 0.739. The molecule has 0 aliphatic carbocycles. The van der Waals surface area contributed by atoms with Crippen molar-refractivity contribution in [3.63, 3.8) is 0 Å². The zero-order valence-corrected chi connectivity index (χ0v) is 14.1. The summed E-state index contributed by atoms with van der Waals surface area (Å²) in [7, 11) is 0. The molecule has 0 bridgehead atoms. The fourth-order valence-electron chi connectivity index (χ4n) is 2.78. The van der Waals surface area contributed by atoms with Crippen molar-refractivity contribution in [2.75, 3.05) is 17.2 Å². The lowest BCUT2D eigenvalue weighted by molar-refractivity contribution is 0.624. The first kappa shape index (κ1) is 16.9. The highest BCUT2D eigenvalue weighted by Gasteiger charge is 2.19. The van der Waals surface area contributed by atoms with Crippen LogP contribution in [0.4, 0.5) is 16.2 Å². The second-order valence-electron chi connectivity index (χ2n) is 5.94. The Morgan fingerprint density at radius 3 is 2.44 bits per heavy atom. The molecule has 0 radical (unpaired) electrons. The minimum atomic E-state index is -0.225. The molecule has 0 amide bonds. The zero-order valence-electron chi connectivity index (χ0n) is 14.1. The van der Waals surface area contributed by atoms with Gasteiger partial charge in [0, 0.05) is 12.7 Å². The van der Waals surface area contributed by atoms with Crippen LogP contribution >= 0.6 is 0 Å². The van der Waals surface area contributed by atoms with E-state index >= 15 is 0 Å². The normalized spacial score (nSPS) is 11.9. The molecule has 3 aromatic rings. The van der Waals surface area contributed by atoms with Gasteiger partial charge < -0.3 is 10.6 Å². The van der Waals surface area contributed by atoms with Crippen LogP contribution in [0.3, 0.4) is 0 Å². The summed E-state index contributed by atoms with van der Waals surface area (Å²) < 4.78 is 13.1. The van der Waals surface area contributed by atoms with E-state index in [4.69, 9.17) is 5.73 Å². The van der Waals surface area contributed by atoms with Gasteiger partial charge in [-0.15, -0.1) is 0 Å². The first-order valence-corrected chi connectivity index (χ1v) is 8.28. The standard InChI is InChI=1S/C20H21FN4/c1-15(17-5-3-2-4-6-17)25(20-23-13-11-19(22)24-20)14-12-16-7-9-18(21)10-8-16/h2-11,13,15H,12,14H2,1H3,(H2,22,23,24). The van der Waals surface area contributed by atoms with Crippen molar-refractivity contribution in [1.82, 2.24) is 9.97 Å². The van der Waals surface area contributed by atoms with Crippen LogP contribution in [0, 0.1) is 5.82 Å². The lowest BCUT2D eigenvalue weighted by atomic mass is 10.1. The van der Waals surface area contributed by atoms with Crippen molar-refractivity contribution in [3.8, 4) is 0 Å². The maximum atomic E-state index is 13.1. The van der Waals surface area contributed by atoms with E-state index in [-0.39, 0.29) is 11.9 Å². The molecule has 128 valence electrons. The second-order valence-corrected chi connectivity index (χ2v) is 5.94. The van der Waals surface area contributed by atoms with Crippen molar-refractivity contribution in [2.45, 2.75) is 19.4 Å². The lowest BCUT2D eigenvalue weighted by Gasteiger charge is -2.30. The number of halogens is 1. The van der Waals surface area contributed by atoms with Crippen molar-refractivity contribution in [2.24, 2.45) is 0 Å². The van der Waals surface area contributed by atoms with Gasteiger partial charge >= 0.3 is 0 Å². The first-order chi connectivity index (χ1) is 12.1. The molecule has 1 unspecified atom stereocenters. The highest BCUT2D eigenvalue weighted by atomic mass is 19.1. The van der Waals surface area contributed by atoms with E-state index < -0.39 is 0 Å². The largest absolute Gasteiger partial charge is 0.384 e. The molecule has 0 spiro atoms.